The van der Waals surface area contributed by atoms with E-state index in [2.05, 4.69) is 17.0 Å². The molecule has 234 valence electrons. The fourth-order valence-electron chi connectivity index (χ4n) is 6.98. The molecule has 1 fully saturated rings. The van der Waals surface area contributed by atoms with Gasteiger partial charge >= 0.3 is 5.97 Å². The van der Waals surface area contributed by atoms with Crippen LogP contribution in [0.2, 0.25) is 5.02 Å². The first kappa shape index (κ1) is 31.8. The number of sulfonamides is 1. The van der Waals surface area contributed by atoms with Crippen LogP contribution in [0.4, 0.5) is 5.69 Å². The first-order chi connectivity index (χ1) is 20.3. The van der Waals surface area contributed by atoms with Crippen molar-refractivity contribution < 1.29 is 27.8 Å². The van der Waals surface area contributed by atoms with Gasteiger partial charge in [-0.1, -0.05) is 37.6 Å². The lowest BCUT2D eigenvalue weighted by Gasteiger charge is -2.48. The minimum Gasteiger partial charge on any atom is -0.491 e. The summed E-state index contributed by atoms with van der Waals surface area (Å²) in [4.78, 5) is 14.3. The second-order valence-corrected chi connectivity index (χ2v) is 15.1. The Morgan fingerprint density at radius 1 is 1.19 bits per heavy atom. The molecular formula is C33H43ClN2O6S. The molecule has 4 atom stereocenters. The number of methoxy groups -OCH3 is 1. The van der Waals surface area contributed by atoms with E-state index in [9.17, 15) is 18.3 Å². The van der Waals surface area contributed by atoms with Gasteiger partial charge in [0.1, 0.15) is 5.75 Å². The molecule has 1 heterocycles. The van der Waals surface area contributed by atoms with E-state index in [1.807, 2.05) is 26.0 Å². The van der Waals surface area contributed by atoms with Crippen LogP contribution in [0.25, 0.3) is 0 Å². The van der Waals surface area contributed by atoms with Crippen molar-refractivity contribution in [2.75, 3.05) is 30.9 Å². The number of rotatable bonds is 9. The van der Waals surface area contributed by atoms with E-state index in [4.69, 9.17) is 26.2 Å². The Hall–Kier alpha value is -2.59. The zero-order chi connectivity index (χ0) is 30.9. The molecule has 5 rings (SSSR count). The van der Waals surface area contributed by atoms with Crippen LogP contribution in [0, 0.1) is 23.2 Å². The van der Waals surface area contributed by atoms with E-state index in [-0.39, 0.29) is 23.3 Å². The lowest BCUT2D eigenvalue weighted by molar-refractivity contribution is -0.00170. The summed E-state index contributed by atoms with van der Waals surface area (Å²) in [6.45, 7) is 5.79. The number of carbonyl (C=O) groups is 1. The largest absolute Gasteiger partial charge is 0.491 e. The first-order valence-electron chi connectivity index (χ1n) is 15.1. The zero-order valence-corrected chi connectivity index (χ0v) is 26.8. The Morgan fingerprint density at radius 2 is 1.95 bits per heavy atom. The topological polar surface area (TPSA) is 119 Å². The number of benzene rings is 2. The second-order valence-electron chi connectivity index (χ2n) is 13.1. The van der Waals surface area contributed by atoms with Gasteiger partial charge in [0.25, 0.3) is 0 Å². The molecule has 0 amide bonds. The predicted molar refractivity (Wildman–Crippen MR) is 169 cm³/mol. The summed E-state index contributed by atoms with van der Waals surface area (Å²) in [6, 6.07) is 11.2. The van der Waals surface area contributed by atoms with Crippen LogP contribution in [-0.4, -0.2) is 51.6 Å². The molecule has 8 nitrogen and oxygen atoms in total. The van der Waals surface area contributed by atoms with Gasteiger partial charge in [-0.2, -0.15) is 0 Å². The molecule has 0 saturated heterocycles. The van der Waals surface area contributed by atoms with Crippen molar-refractivity contribution in [2.45, 2.75) is 65.0 Å². The fourth-order valence-corrected chi connectivity index (χ4v) is 8.42. The van der Waals surface area contributed by atoms with E-state index in [0.29, 0.717) is 35.8 Å². The maximum atomic E-state index is 12.0. The van der Waals surface area contributed by atoms with Gasteiger partial charge in [0.2, 0.25) is 10.0 Å². The van der Waals surface area contributed by atoms with Crippen LogP contribution in [0.1, 0.15) is 67.4 Å². The van der Waals surface area contributed by atoms with Crippen LogP contribution in [0.5, 0.6) is 5.75 Å². The number of anilines is 1. The number of carboxylic acid groups (broad SMARTS) is 1. The van der Waals surface area contributed by atoms with E-state index in [1.54, 1.807) is 25.3 Å². The van der Waals surface area contributed by atoms with Crippen LogP contribution >= 0.6 is 11.6 Å². The highest BCUT2D eigenvalue weighted by Gasteiger charge is 2.45. The third-order valence-electron chi connectivity index (χ3n) is 9.56. The molecule has 0 aromatic heterocycles. The maximum absolute atomic E-state index is 12.0. The molecule has 43 heavy (non-hydrogen) atoms. The van der Waals surface area contributed by atoms with Gasteiger partial charge < -0.3 is 19.5 Å². The van der Waals surface area contributed by atoms with Gasteiger partial charge in [0, 0.05) is 25.2 Å². The smallest absolute Gasteiger partial charge is 0.335 e. The lowest BCUT2D eigenvalue weighted by Crippen LogP contribution is -2.47. The van der Waals surface area contributed by atoms with Crippen molar-refractivity contribution in [3.8, 4) is 5.75 Å². The summed E-state index contributed by atoms with van der Waals surface area (Å²) < 4.78 is 35.9. The highest BCUT2D eigenvalue weighted by Crippen LogP contribution is 2.49. The Labute approximate surface area is 260 Å². The van der Waals surface area contributed by atoms with Gasteiger partial charge in [-0.15, -0.1) is 0 Å². The molecule has 1 unspecified atom stereocenters. The summed E-state index contributed by atoms with van der Waals surface area (Å²) in [5.74, 6) is 0.424. The number of hydrogen-bond donors (Lipinski definition) is 2. The summed E-state index contributed by atoms with van der Waals surface area (Å²) in [5.41, 5.74) is 4.18. The number of nitrogens with two attached hydrogens (primary N) is 1. The van der Waals surface area contributed by atoms with Crippen molar-refractivity contribution in [3.05, 3.63) is 69.8 Å². The number of allylic oxidation sites excluding steroid dienone is 1. The number of hydrogen-bond acceptors (Lipinski definition) is 6. The van der Waals surface area contributed by atoms with E-state index in [0.717, 1.165) is 50.8 Å². The van der Waals surface area contributed by atoms with E-state index in [1.165, 1.54) is 16.7 Å². The van der Waals surface area contributed by atoms with Crippen LogP contribution < -0.4 is 14.8 Å². The summed E-state index contributed by atoms with van der Waals surface area (Å²) in [5, 5.41) is 15.9. The molecule has 1 saturated carbocycles. The number of ether oxygens (including phenoxy) is 2. The number of carboxylic acids is 1. The lowest BCUT2D eigenvalue weighted by atomic mass is 9.62. The average molecular weight is 631 g/mol. The minimum atomic E-state index is -3.57. The summed E-state index contributed by atoms with van der Waals surface area (Å²) in [6.07, 6.45) is 7.76. The number of halogens is 1. The molecule has 3 N–H and O–H groups in total. The fraction of sp³-hybridized carbons (Fsp3) is 0.545. The first-order valence-corrected chi connectivity index (χ1v) is 17.2. The average Bonchev–Trinajstić information content (AvgIpc) is 2.90. The Morgan fingerprint density at radius 3 is 2.60 bits per heavy atom. The molecule has 10 heteroatoms. The second kappa shape index (κ2) is 12.8. The van der Waals surface area contributed by atoms with Crippen molar-refractivity contribution in [3.63, 3.8) is 0 Å². The molecule has 1 aliphatic heterocycles. The summed E-state index contributed by atoms with van der Waals surface area (Å²) >= 11 is 6.39. The number of primary sulfonamides is 1. The third kappa shape index (κ3) is 7.39. The van der Waals surface area contributed by atoms with Gasteiger partial charge in [0.05, 0.1) is 29.7 Å². The molecule has 2 aromatic carbocycles. The van der Waals surface area contributed by atoms with Crippen LogP contribution in [-0.2, 0) is 27.7 Å². The molecular weight excluding hydrogens is 588 g/mol. The molecule has 3 aliphatic rings. The molecule has 2 aromatic rings. The van der Waals surface area contributed by atoms with Crippen molar-refractivity contribution >= 4 is 33.3 Å². The Bertz CT molecular complexity index is 1490. The molecule has 2 aliphatic carbocycles. The predicted octanol–water partition coefficient (Wildman–Crippen LogP) is 6.06. The third-order valence-corrected chi connectivity index (χ3v) is 10.9. The van der Waals surface area contributed by atoms with Crippen molar-refractivity contribution in [1.29, 1.82) is 0 Å². The Kier molecular flexibility index (Phi) is 9.47. The van der Waals surface area contributed by atoms with Crippen molar-refractivity contribution in [1.82, 2.24) is 0 Å². The Balaban J connectivity index is 1.42. The zero-order valence-electron chi connectivity index (χ0n) is 25.2. The van der Waals surface area contributed by atoms with Gasteiger partial charge in [-0.05, 0) is 109 Å². The SMILES string of the molecule is CO[C@H](C1=CC(C(C)(C)CS(N)(=O)=O)C1)[C@@H]1CC[C@H]1CN1Cc2ccc(Cl)cc2CCCCOc2ccc(C(=O)O)cc21. The standard InChI is InChI=1S/C33H43ClN2O6S/c1-33(2,20-43(35,39)40)26-14-25(15-26)31(41-3)28-11-8-24(28)19-36-18-23-7-10-27(34)16-21(23)6-4-5-13-42-30-12-9-22(32(37)38)17-29(30)36/h7,9-10,12,14,16-17,24,26,28,31H,4-6,8,11,13,15,18-20H2,1-3H3,(H,37,38)(H2,35,39,40)/t24-,26?,28+,31+/m0/s1. The van der Waals surface area contributed by atoms with Crippen molar-refractivity contribution in [2.24, 2.45) is 28.3 Å². The van der Waals surface area contributed by atoms with Crippen LogP contribution in [0.15, 0.2) is 48.0 Å². The number of aromatic carboxylic acids is 1. The highest BCUT2D eigenvalue weighted by molar-refractivity contribution is 7.89. The molecule has 0 bridgehead atoms. The maximum Gasteiger partial charge on any atom is 0.335 e. The monoisotopic (exact) mass is 630 g/mol. The highest BCUT2D eigenvalue weighted by atomic mass is 35.5. The molecule has 0 radical (unpaired) electrons. The quantitative estimate of drug-likeness (QED) is 0.323. The van der Waals surface area contributed by atoms with Gasteiger partial charge in [-0.25, -0.2) is 18.4 Å². The van der Waals surface area contributed by atoms with Gasteiger partial charge in [-0.3, -0.25) is 0 Å². The van der Waals surface area contributed by atoms with E-state index >= 15 is 0 Å². The number of nitrogens with zero attached hydrogens (tertiary/aromatic N) is 1. The van der Waals surface area contributed by atoms with Crippen LogP contribution in [0.3, 0.4) is 0 Å². The number of aryl methyl sites for hydroxylation is 1. The van der Waals surface area contributed by atoms with Gasteiger partial charge in [0.15, 0.2) is 0 Å². The minimum absolute atomic E-state index is 0.0450. The number of fused-ring (bicyclic) bond motifs is 2. The molecule has 0 spiro atoms. The summed E-state index contributed by atoms with van der Waals surface area (Å²) in [7, 11) is -1.82. The normalized spacial score (nSPS) is 23.3. The van der Waals surface area contributed by atoms with E-state index < -0.39 is 21.4 Å².